The molecule has 1 aromatic heterocycles. The van der Waals surface area contributed by atoms with Gasteiger partial charge in [0, 0.05) is 35.1 Å². The first-order valence-corrected chi connectivity index (χ1v) is 15.5. The Balaban J connectivity index is 1.59. The lowest BCUT2D eigenvalue weighted by Crippen LogP contribution is -2.29. The van der Waals surface area contributed by atoms with E-state index in [0.29, 0.717) is 6.54 Å². The summed E-state index contributed by atoms with van der Waals surface area (Å²) in [4.78, 5) is 4.49. The van der Waals surface area contributed by atoms with Gasteiger partial charge in [0.2, 0.25) is 0 Å². The van der Waals surface area contributed by atoms with E-state index in [1.807, 2.05) is 0 Å². The van der Waals surface area contributed by atoms with Crippen LogP contribution in [0.2, 0.25) is 0 Å². The van der Waals surface area contributed by atoms with E-state index < -0.39 is 0 Å². The molecule has 5 aromatic carbocycles. The molecule has 0 fully saturated rings. The highest BCUT2D eigenvalue weighted by atomic mass is 16.3. The number of para-hydroxylation sites is 3. The average Bonchev–Trinajstić information content (AvgIpc) is 3.32. The summed E-state index contributed by atoms with van der Waals surface area (Å²) in [7, 11) is 4.19. The van der Waals surface area contributed by atoms with Crippen LogP contribution < -0.4 is 4.90 Å². The molecule has 0 bridgehead atoms. The van der Waals surface area contributed by atoms with Gasteiger partial charge in [-0.2, -0.15) is 0 Å². The van der Waals surface area contributed by atoms with Crippen molar-refractivity contribution in [1.29, 1.82) is 0 Å². The molecule has 0 saturated carbocycles. The second-order valence-corrected chi connectivity index (χ2v) is 13.3. The molecular weight excluding hydrogens is 538 g/mol. The van der Waals surface area contributed by atoms with Gasteiger partial charge >= 0.3 is 0 Å². The Morgan fingerprint density at radius 1 is 0.659 bits per heavy atom. The van der Waals surface area contributed by atoms with Crippen LogP contribution in [0.5, 0.6) is 5.75 Å². The molecule has 0 amide bonds. The third kappa shape index (κ3) is 5.46. The van der Waals surface area contributed by atoms with E-state index in [2.05, 4.69) is 166 Å². The molecule has 0 unspecified atom stereocenters. The van der Waals surface area contributed by atoms with Crippen LogP contribution in [0.1, 0.15) is 37.5 Å². The van der Waals surface area contributed by atoms with Gasteiger partial charge in [-0.1, -0.05) is 99.1 Å². The first-order valence-electron chi connectivity index (χ1n) is 15.5. The highest BCUT2D eigenvalue weighted by Crippen LogP contribution is 2.44. The number of phenolic OH excluding ortho intramolecular Hbond substituents is 1. The SMILES string of the molecule is Cc1cc(-c2ccccc2N(CCN(C)C)c2cc(C)cc(-n3c4ccccc4c4ccccc43)c2O)cc(C(C)(C)C)c1. The number of fused-ring (bicyclic) bond motifs is 3. The summed E-state index contributed by atoms with van der Waals surface area (Å²) in [6.07, 6.45) is 0. The summed E-state index contributed by atoms with van der Waals surface area (Å²) >= 11 is 0. The van der Waals surface area contributed by atoms with Crippen LogP contribution in [0.4, 0.5) is 11.4 Å². The zero-order valence-corrected chi connectivity index (χ0v) is 27.0. The molecule has 0 radical (unpaired) electrons. The van der Waals surface area contributed by atoms with Crippen LogP contribution >= 0.6 is 0 Å². The molecule has 0 saturated heterocycles. The zero-order chi connectivity index (χ0) is 31.2. The summed E-state index contributed by atoms with van der Waals surface area (Å²) in [6.45, 7) is 12.6. The van der Waals surface area contributed by atoms with Crippen molar-refractivity contribution in [2.45, 2.75) is 40.0 Å². The van der Waals surface area contributed by atoms with Crippen molar-refractivity contribution in [3.63, 3.8) is 0 Å². The summed E-state index contributed by atoms with van der Waals surface area (Å²) < 4.78 is 2.21. The highest BCUT2D eigenvalue weighted by molar-refractivity contribution is 6.09. The van der Waals surface area contributed by atoms with Crippen LogP contribution in [-0.4, -0.2) is 41.8 Å². The number of benzene rings is 5. The van der Waals surface area contributed by atoms with E-state index in [1.165, 1.54) is 27.5 Å². The van der Waals surface area contributed by atoms with Crippen LogP contribution in [0, 0.1) is 13.8 Å². The van der Waals surface area contributed by atoms with Crippen molar-refractivity contribution < 1.29 is 5.11 Å². The maximum absolute atomic E-state index is 12.3. The van der Waals surface area contributed by atoms with E-state index in [1.54, 1.807) is 0 Å². The average molecular weight is 582 g/mol. The lowest BCUT2D eigenvalue weighted by Gasteiger charge is -2.31. The minimum absolute atomic E-state index is 0.0341. The molecule has 0 atom stereocenters. The maximum atomic E-state index is 12.3. The molecule has 4 nitrogen and oxygen atoms in total. The lowest BCUT2D eigenvalue weighted by molar-refractivity contribution is 0.417. The number of hydrogen-bond acceptors (Lipinski definition) is 3. The molecule has 4 heteroatoms. The monoisotopic (exact) mass is 581 g/mol. The first kappa shape index (κ1) is 29.5. The molecule has 6 aromatic rings. The van der Waals surface area contributed by atoms with Crippen LogP contribution in [0.25, 0.3) is 38.6 Å². The molecule has 6 rings (SSSR count). The Morgan fingerprint density at radius 2 is 1.25 bits per heavy atom. The third-order valence-electron chi connectivity index (χ3n) is 8.55. The smallest absolute Gasteiger partial charge is 0.163 e. The number of likely N-dealkylation sites (N-methyl/N-ethyl adjacent to an activating group) is 1. The Morgan fingerprint density at radius 3 is 1.89 bits per heavy atom. The Labute approximate surface area is 261 Å². The van der Waals surface area contributed by atoms with Gasteiger partial charge in [-0.25, -0.2) is 0 Å². The van der Waals surface area contributed by atoms with E-state index >= 15 is 0 Å². The van der Waals surface area contributed by atoms with Crippen LogP contribution in [0.15, 0.2) is 103 Å². The van der Waals surface area contributed by atoms with Gasteiger partial charge in [0.15, 0.2) is 5.75 Å². The fourth-order valence-electron chi connectivity index (χ4n) is 6.29. The largest absolute Gasteiger partial charge is 0.504 e. The number of aryl methyl sites for hydroxylation is 2. The van der Waals surface area contributed by atoms with Gasteiger partial charge in [-0.15, -0.1) is 0 Å². The van der Waals surface area contributed by atoms with E-state index in [4.69, 9.17) is 0 Å². The van der Waals surface area contributed by atoms with Crippen molar-refractivity contribution in [1.82, 2.24) is 9.47 Å². The van der Waals surface area contributed by atoms with Gasteiger partial charge in [0.05, 0.1) is 22.4 Å². The number of anilines is 2. The highest BCUT2D eigenvalue weighted by Gasteiger charge is 2.24. The second-order valence-electron chi connectivity index (χ2n) is 13.3. The van der Waals surface area contributed by atoms with E-state index in [9.17, 15) is 5.11 Å². The van der Waals surface area contributed by atoms with Crippen molar-refractivity contribution >= 4 is 33.2 Å². The summed E-state index contributed by atoms with van der Waals surface area (Å²) in [6, 6.07) is 36.6. The molecule has 1 heterocycles. The number of hydrogen-bond donors (Lipinski definition) is 1. The standard InChI is InChI=1S/C40H43N3O/c1-27-22-29(26-30(23-27)40(3,4)5)31-14-8-11-17-34(31)42(21-20-41(6)7)37-24-28(2)25-38(39(37)44)43-35-18-12-9-15-32(35)33-16-10-13-19-36(33)43/h8-19,22-26,44H,20-21H2,1-7H3. The Bertz CT molecular complexity index is 1920. The van der Waals surface area contributed by atoms with Crippen LogP contribution in [0.3, 0.4) is 0 Å². The molecule has 0 aliphatic carbocycles. The number of nitrogens with zero attached hydrogens (tertiary/aromatic N) is 3. The molecule has 0 spiro atoms. The Hall–Kier alpha value is -4.54. The number of aromatic nitrogens is 1. The van der Waals surface area contributed by atoms with Crippen molar-refractivity contribution in [3.8, 4) is 22.6 Å². The predicted octanol–water partition coefficient (Wildman–Crippen LogP) is 9.77. The van der Waals surface area contributed by atoms with E-state index in [-0.39, 0.29) is 11.2 Å². The second kappa shape index (κ2) is 11.5. The van der Waals surface area contributed by atoms with Gasteiger partial charge in [-0.3, -0.25) is 0 Å². The lowest BCUT2D eigenvalue weighted by atomic mass is 9.84. The molecule has 224 valence electrons. The third-order valence-corrected chi connectivity index (χ3v) is 8.55. The van der Waals surface area contributed by atoms with Crippen molar-refractivity contribution in [2.75, 3.05) is 32.1 Å². The minimum atomic E-state index is 0.0341. The molecular formula is C40H43N3O. The summed E-state index contributed by atoms with van der Waals surface area (Å²) in [5.74, 6) is 0.273. The van der Waals surface area contributed by atoms with Gasteiger partial charge in [0.1, 0.15) is 0 Å². The summed E-state index contributed by atoms with van der Waals surface area (Å²) in [5.41, 5.74) is 10.9. The number of aromatic hydroxyl groups is 1. The van der Waals surface area contributed by atoms with E-state index in [0.717, 1.165) is 45.8 Å². The fourth-order valence-corrected chi connectivity index (χ4v) is 6.29. The topological polar surface area (TPSA) is 31.6 Å². The fraction of sp³-hybridized carbons (Fsp3) is 0.250. The Kier molecular flexibility index (Phi) is 7.73. The molecule has 0 aliphatic rings. The van der Waals surface area contributed by atoms with Crippen molar-refractivity contribution in [3.05, 3.63) is 120 Å². The molecule has 1 N–H and O–H groups in total. The van der Waals surface area contributed by atoms with Crippen LogP contribution in [-0.2, 0) is 5.41 Å². The summed E-state index contributed by atoms with van der Waals surface area (Å²) in [5, 5.41) is 14.6. The minimum Gasteiger partial charge on any atom is -0.504 e. The zero-order valence-electron chi connectivity index (χ0n) is 27.0. The maximum Gasteiger partial charge on any atom is 0.163 e. The van der Waals surface area contributed by atoms with Gasteiger partial charge in [-0.05, 0) is 80.4 Å². The predicted molar refractivity (Wildman–Crippen MR) is 188 cm³/mol. The molecule has 44 heavy (non-hydrogen) atoms. The number of phenols is 1. The van der Waals surface area contributed by atoms with Gasteiger partial charge in [0.25, 0.3) is 0 Å². The van der Waals surface area contributed by atoms with Gasteiger partial charge < -0.3 is 19.5 Å². The quantitative estimate of drug-likeness (QED) is 0.204. The normalized spacial score (nSPS) is 12.0. The van der Waals surface area contributed by atoms with Crippen molar-refractivity contribution in [2.24, 2.45) is 0 Å². The molecule has 0 aliphatic heterocycles. The first-order chi connectivity index (χ1) is 21.0. The number of rotatable bonds is 7.